The number of hydrogen-bond acceptors (Lipinski definition) is 3. The van der Waals surface area contributed by atoms with Gasteiger partial charge in [-0.3, -0.25) is 14.5 Å². The first-order valence-corrected chi connectivity index (χ1v) is 5.53. The Morgan fingerprint density at radius 3 is 2.73 bits per heavy atom. The van der Waals surface area contributed by atoms with Crippen LogP contribution in [0.2, 0.25) is 0 Å². The van der Waals surface area contributed by atoms with Crippen molar-refractivity contribution in [2.75, 3.05) is 13.6 Å². The van der Waals surface area contributed by atoms with E-state index in [1.54, 1.807) is 0 Å². The van der Waals surface area contributed by atoms with Crippen LogP contribution in [-0.4, -0.2) is 42.3 Å². The molecule has 0 saturated heterocycles. The summed E-state index contributed by atoms with van der Waals surface area (Å²) in [5.74, 6) is 0.266. The SMILES string of the molecule is CC(C)NC(=O)CN(C)C1CCCC1=O. The summed E-state index contributed by atoms with van der Waals surface area (Å²) in [6, 6.07) is 0.119. The minimum Gasteiger partial charge on any atom is -0.353 e. The topological polar surface area (TPSA) is 49.4 Å². The molecule has 0 heterocycles. The molecule has 4 nitrogen and oxygen atoms in total. The number of amides is 1. The van der Waals surface area contributed by atoms with Gasteiger partial charge in [0.15, 0.2) is 0 Å². The molecule has 1 aliphatic carbocycles. The van der Waals surface area contributed by atoms with Gasteiger partial charge in [-0.2, -0.15) is 0 Å². The van der Waals surface area contributed by atoms with Crippen LogP contribution in [0, 0.1) is 0 Å². The molecular formula is C11H20N2O2. The van der Waals surface area contributed by atoms with Gasteiger partial charge in [0.1, 0.15) is 5.78 Å². The van der Waals surface area contributed by atoms with Gasteiger partial charge in [0, 0.05) is 12.5 Å². The highest BCUT2D eigenvalue weighted by Crippen LogP contribution is 2.18. The van der Waals surface area contributed by atoms with Crippen molar-refractivity contribution < 1.29 is 9.59 Å². The highest BCUT2D eigenvalue weighted by molar-refractivity contribution is 5.87. The summed E-state index contributed by atoms with van der Waals surface area (Å²) in [7, 11) is 1.84. The molecule has 1 amide bonds. The van der Waals surface area contributed by atoms with Crippen LogP contribution in [0.25, 0.3) is 0 Å². The monoisotopic (exact) mass is 212 g/mol. The van der Waals surface area contributed by atoms with Crippen molar-refractivity contribution in [3.8, 4) is 0 Å². The Morgan fingerprint density at radius 2 is 2.27 bits per heavy atom. The van der Waals surface area contributed by atoms with E-state index in [1.165, 1.54) is 0 Å². The number of hydrogen-bond donors (Lipinski definition) is 1. The molecule has 1 fully saturated rings. The highest BCUT2D eigenvalue weighted by Gasteiger charge is 2.28. The summed E-state index contributed by atoms with van der Waals surface area (Å²) in [6.45, 7) is 4.17. The lowest BCUT2D eigenvalue weighted by atomic mass is 10.2. The lowest BCUT2D eigenvalue weighted by Gasteiger charge is -2.22. The van der Waals surface area contributed by atoms with Crippen LogP contribution in [0.5, 0.6) is 0 Å². The van der Waals surface area contributed by atoms with Crippen LogP contribution in [0.4, 0.5) is 0 Å². The highest BCUT2D eigenvalue weighted by atomic mass is 16.2. The lowest BCUT2D eigenvalue weighted by Crippen LogP contribution is -2.43. The Balaban J connectivity index is 2.37. The smallest absolute Gasteiger partial charge is 0.234 e. The zero-order chi connectivity index (χ0) is 11.4. The number of carbonyl (C=O) groups excluding carboxylic acids is 2. The molecule has 0 aromatic rings. The van der Waals surface area contributed by atoms with Crippen molar-refractivity contribution in [1.82, 2.24) is 10.2 Å². The predicted molar refractivity (Wildman–Crippen MR) is 58.6 cm³/mol. The van der Waals surface area contributed by atoms with Crippen molar-refractivity contribution in [2.24, 2.45) is 0 Å². The van der Waals surface area contributed by atoms with E-state index in [1.807, 2.05) is 25.8 Å². The predicted octanol–water partition coefficient (Wildman–Crippen LogP) is 0.564. The van der Waals surface area contributed by atoms with Gasteiger partial charge in [-0.15, -0.1) is 0 Å². The summed E-state index contributed by atoms with van der Waals surface area (Å²) < 4.78 is 0. The van der Waals surface area contributed by atoms with Gasteiger partial charge in [-0.25, -0.2) is 0 Å². The van der Waals surface area contributed by atoms with Gasteiger partial charge in [0.2, 0.25) is 5.91 Å². The maximum Gasteiger partial charge on any atom is 0.234 e. The third-order valence-electron chi connectivity index (χ3n) is 2.65. The second kappa shape index (κ2) is 5.26. The molecule has 0 bridgehead atoms. The molecule has 1 unspecified atom stereocenters. The van der Waals surface area contributed by atoms with E-state index in [0.717, 1.165) is 12.8 Å². The van der Waals surface area contributed by atoms with Gasteiger partial charge >= 0.3 is 0 Å². The number of nitrogens with zero attached hydrogens (tertiary/aromatic N) is 1. The Bertz CT molecular complexity index is 251. The number of ketones is 1. The minimum atomic E-state index is -0.0390. The van der Waals surface area contributed by atoms with Gasteiger partial charge in [0.25, 0.3) is 0 Å². The summed E-state index contributed by atoms with van der Waals surface area (Å²) in [5.41, 5.74) is 0. The normalized spacial score (nSPS) is 21.4. The van der Waals surface area contributed by atoms with Crippen molar-refractivity contribution in [1.29, 1.82) is 0 Å². The number of rotatable bonds is 4. The number of nitrogens with one attached hydrogen (secondary N) is 1. The van der Waals surface area contributed by atoms with Crippen LogP contribution in [0.1, 0.15) is 33.1 Å². The molecule has 15 heavy (non-hydrogen) atoms. The average molecular weight is 212 g/mol. The van der Waals surface area contributed by atoms with E-state index in [9.17, 15) is 9.59 Å². The summed E-state index contributed by atoms with van der Waals surface area (Å²) in [6.07, 6.45) is 2.52. The molecule has 0 radical (unpaired) electrons. The molecule has 1 rings (SSSR count). The van der Waals surface area contributed by atoms with E-state index in [0.29, 0.717) is 13.0 Å². The molecule has 86 valence electrons. The van der Waals surface area contributed by atoms with Gasteiger partial charge < -0.3 is 5.32 Å². The summed E-state index contributed by atoms with van der Waals surface area (Å²) >= 11 is 0. The maximum atomic E-state index is 11.5. The second-order valence-electron chi connectivity index (χ2n) is 4.51. The molecular weight excluding hydrogens is 192 g/mol. The molecule has 1 N–H and O–H groups in total. The molecule has 0 aromatic heterocycles. The van der Waals surface area contributed by atoms with E-state index < -0.39 is 0 Å². The zero-order valence-corrected chi connectivity index (χ0v) is 9.75. The van der Waals surface area contributed by atoms with Crippen molar-refractivity contribution in [2.45, 2.75) is 45.2 Å². The fourth-order valence-corrected chi connectivity index (χ4v) is 1.97. The van der Waals surface area contributed by atoms with Crippen molar-refractivity contribution in [3.05, 3.63) is 0 Å². The molecule has 1 saturated carbocycles. The maximum absolute atomic E-state index is 11.5. The Hall–Kier alpha value is -0.900. The number of carbonyl (C=O) groups is 2. The van der Waals surface area contributed by atoms with Crippen LogP contribution in [0.3, 0.4) is 0 Å². The standard InChI is InChI=1S/C11H20N2O2/c1-8(2)12-11(15)7-13(3)9-5-4-6-10(9)14/h8-9H,4-7H2,1-3H3,(H,12,15). The Kier molecular flexibility index (Phi) is 4.27. The summed E-state index contributed by atoms with van der Waals surface area (Å²) in [5, 5.41) is 2.82. The second-order valence-corrected chi connectivity index (χ2v) is 4.51. The van der Waals surface area contributed by atoms with E-state index in [-0.39, 0.29) is 23.8 Å². The Morgan fingerprint density at radius 1 is 1.60 bits per heavy atom. The van der Waals surface area contributed by atoms with E-state index in [2.05, 4.69) is 5.32 Å². The van der Waals surface area contributed by atoms with Gasteiger partial charge in [-0.05, 0) is 33.7 Å². The quantitative estimate of drug-likeness (QED) is 0.741. The zero-order valence-electron chi connectivity index (χ0n) is 9.75. The number of likely N-dealkylation sites (N-methyl/N-ethyl adjacent to an activating group) is 1. The van der Waals surface area contributed by atoms with Crippen molar-refractivity contribution >= 4 is 11.7 Å². The molecule has 0 aliphatic heterocycles. The lowest BCUT2D eigenvalue weighted by molar-refractivity contribution is -0.125. The van der Waals surface area contributed by atoms with Crippen LogP contribution < -0.4 is 5.32 Å². The molecule has 1 aliphatic rings. The first-order valence-electron chi connectivity index (χ1n) is 5.53. The molecule has 1 atom stereocenters. The van der Waals surface area contributed by atoms with Gasteiger partial charge in [-0.1, -0.05) is 0 Å². The van der Waals surface area contributed by atoms with Crippen LogP contribution in [0.15, 0.2) is 0 Å². The van der Waals surface area contributed by atoms with Gasteiger partial charge in [0.05, 0.1) is 12.6 Å². The van der Waals surface area contributed by atoms with Crippen LogP contribution >= 0.6 is 0 Å². The van der Waals surface area contributed by atoms with Crippen LogP contribution in [-0.2, 0) is 9.59 Å². The molecule has 0 spiro atoms. The van der Waals surface area contributed by atoms with E-state index >= 15 is 0 Å². The fourth-order valence-electron chi connectivity index (χ4n) is 1.97. The average Bonchev–Trinajstić information content (AvgIpc) is 2.49. The third-order valence-corrected chi connectivity index (χ3v) is 2.65. The summed E-state index contributed by atoms with van der Waals surface area (Å²) in [4.78, 5) is 24.8. The Labute approximate surface area is 91.0 Å². The first kappa shape index (κ1) is 12.2. The number of Topliss-reactive ketones (excluding diaryl/α,β-unsaturated/α-hetero) is 1. The molecule has 0 aromatic carbocycles. The fraction of sp³-hybridized carbons (Fsp3) is 0.818. The third kappa shape index (κ3) is 3.63. The largest absolute Gasteiger partial charge is 0.353 e. The van der Waals surface area contributed by atoms with E-state index in [4.69, 9.17) is 0 Å². The molecule has 4 heteroatoms. The minimum absolute atomic E-state index is 0.00722. The van der Waals surface area contributed by atoms with Crippen molar-refractivity contribution in [3.63, 3.8) is 0 Å². The first-order chi connectivity index (χ1) is 7.00.